The lowest BCUT2D eigenvalue weighted by Crippen LogP contribution is -2.12. The van der Waals surface area contributed by atoms with Crippen LogP contribution in [-0.4, -0.2) is 18.6 Å². The number of ether oxygens (including phenoxy) is 2. The zero-order valence-corrected chi connectivity index (χ0v) is 14.3. The molecule has 0 unspecified atom stereocenters. The van der Waals surface area contributed by atoms with E-state index in [2.05, 4.69) is 5.32 Å². The normalized spacial score (nSPS) is 10.8. The van der Waals surface area contributed by atoms with E-state index in [0.717, 1.165) is 11.3 Å². The predicted molar refractivity (Wildman–Crippen MR) is 97.5 cm³/mol. The van der Waals surface area contributed by atoms with Crippen molar-refractivity contribution in [3.05, 3.63) is 60.2 Å². The molecule has 2 aromatic carbocycles. The molecule has 0 aliphatic rings. The molecule has 0 aliphatic carbocycles. The van der Waals surface area contributed by atoms with Crippen molar-refractivity contribution < 1.29 is 14.3 Å². The first-order valence-electron chi connectivity index (χ1n) is 8.06. The first kappa shape index (κ1) is 17.6. The Hall–Kier alpha value is -2.75. The molecule has 0 bridgehead atoms. The summed E-state index contributed by atoms with van der Waals surface area (Å²) in [5.41, 5.74) is 1.59. The molecule has 0 fully saturated rings. The quantitative estimate of drug-likeness (QED) is 0.761. The molecule has 0 saturated carbocycles. The number of hydrogen-bond acceptors (Lipinski definition) is 3. The van der Waals surface area contributed by atoms with E-state index in [4.69, 9.17) is 9.47 Å². The van der Waals surface area contributed by atoms with Crippen LogP contribution in [-0.2, 0) is 4.79 Å². The molecular formula is C20H23NO3. The molecule has 126 valence electrons. The molecule has 0 atom stereocenters. The molecular weight excluding hydrogens is 302 g/mol. The summed E-state index contributed by atoms with van der Waals surface area (Å²) in [6, 6.07) is 15.0. The zero-order valence-electron chi connectivity index (χ0n) is 14.3. The van der Waals surface area contributed by atoms with Crippen molar-refractivity contribution in [3.8, 4) is 11.5 Å². The van der Waals surface area contributed by atoms with Crippen LogP contribution in [0.5, 0.6) is 11.5 Å². The fourth-order valence-electron chi connectivity index (χ4n) is 2.11. The van der Waals surface area contributed by atoms with Gasteiger partial charge in [-0.2, -0.15) is 0 Å². The molecule has 0 aromatic heterocycles. The zero-order chi connectivity index (χ0) is 17.4. The summed E-state index contributed by atoms with van der Waals surface area (Å²) in [5.74, 6) is 1.28. The van der Waals surface area contributed by atoms with Crippen LogP contribution in [0.25, 0.3) is 6.08 Å². The van der Waals surface area contributed by atoms with Crippen LogP contribution >= 0.6 is 0 Å². The minimum atomic E-state index is -0.205. The van der Waals surface area contributed by atoms with Gasteiger partial charge in [0.2, 0.25) is 5.91 Å². The van der Waals surface area contributed by atoms with Crippen molar-refractivity contribution in [2.24, 2.45) is 0 Å². The predicted octanol–water partition coefficient (Wildman–Crippen LogP) is 4.52. The van der Waals surface area contributed by atoms with Crippen LogP contribution in [0.1, 0.15) is 26.3 Å². The van der Waals surface area contributed by atoms with E-state index in [1.54, 1.807) is 6.08 Å². The van der Waals surface area contributed by atoms with E-state index in [-0.39, 0.29) is 12.0 Å². The van der Waals surface area contributed by atoms with Crippen molar-refractivity contribution in [2.75, 3.05) is 11.9 Å². The van der Waals surface area contributed by atoms with E-state index in [0.29, 0.717) is 18.0 Å². The maximum Gasteiger partial charge on any atom is 0.248 e. The second kappa shape index (κ2) is 8.77. The smallest absolute Gasteiger partial charge is 0.248 e. The van der Waals surface area contributed by atoms with Gasteiger partial charge in [-0.25, -0.2) is 0 Å². The highest BCUT2D eigenvalue weighted by Crippen LogP contribution is 2.24. The molecule has 0 heterocycles. The lowest BCUT2D eigenvalue weighted by Gasteiger charge is -2.14. The molecule has 2 rings (SSSR count). The Morgan fingerprint density at radius 3 is 2.50 bits per heavy atom. The van der Waals surface area contributed by atoms with Crippen LogP contribution in [0.2, 0.25) is 0 Å². The van der Waals surface area contributed by atoms with Crippen LogP contribution < -0.4 is 14.8 Å². The number of benzene rings is 2. The summed E-state index contributed by atoms with van der Waals surface area (Å²) in [6.45, 7) is 6.48. The summed E-state index contributed by atoms with van der Waals surface area (Å²) in [7, 11) is 0. The maximum atomic E-state index is 12.1. The standard InChI is InChI=1S/C20H23NO3/c1-4-23-17-12-9-16(10-13-17)11-14-20(22)21-18-7-5-6-8-19(18)24-15(2)3/h5-15H,4H2,1-3H3,(H,21,22)/b14-11+. The fourth-order valence-corrected chi connectivity index (χ4v) is 2.11. The van der Waals surface area contributed by atoms with Gasteiger partial charge in [0.05, 0.1) is 18.4 Å². The molecule has 4 nitrogen and oxygen atoms in total. The van der Waals surface area contributed by atoms with Gasteiger partial charge in [-0.3, -0.25) is 4.79 Å². The van der Waals surface area contributed by atoms with Gasteiger partial charge in [0.25, 0.3) is 0 Å². The molecule has 0 aliphatic heterocycles. The third-order valence-electron chi connectivity index (χ3n) is 3.13. The first-order chi connectivity index (χ1) is 11.6. The summed E-state index contributed by atoms with van der Waals surface area (Å²) in [5, 5.41) is 2.84. The molecule has 2 aromatic rings. The lowest BCUT2D eigenvalue weighted by molar-refractivity contribution is -0.111. The fraction of sp³-hybridized carbons (Fsp3) is 0.250. The third-order valence-corrected chi connectivity index (χ3v) is 3.13. The number of amides is 1. The van der Waals surface area contributed by atoms with Crippen molar-refractivity contribution >= 4 is 17.7 Å². The Morgan fingerprint density at radius 2 is 1.83 bits per heavy atom. The summed E-state index contributed by atoms with van der Waals surface area (Å²) in [4.78, 5) is 12.1. The largest absolute Gasteiger partial charge is 0.494 e. The van der Waals surface area contributed by atoms with Crippen LogP contribution in [0.4, 0.5) is 5.69 Å². The Balaban J connectivity index is 2.00. The van der Waals surface area contributed by atoms with E-state index < -0.39 is 0 Å². The summed E-state index contributed by atoms with van der Waals surface area (Å²) in [6.07, 6.45) is 3.31. The average Bonchev–Trinajstić information content (AvgIpc) is 2.56. The van der Waals surface area contributed by atoms with E-state index in [9.17, 15) is 4.79 Å². The van der Waals surface area contributed by atoms with Gasteiger partial charge in [0.1, 0.15) is 11.5 Å². The molecule has 24 heavy (non-hydrogen) atoms. The Bertz CT molecular complexity index is 690. The number of rotatable bonds is 7. The number of anilines is 1. The monoisotopic (exact) mass is 325 g/mol. The molecule has 4 heteroatoms. The van der Waals surface area contributed by atoms with Crippen molar-refractivity contribution in [2.45, 2.75) is 26.9 Å². The third kappa shape index (κ3) is 5.47. The van der Waals surface area contributed by atoms with Gasteiger partial charge in [0.15, 0.2) is 0 Å². The summed E-state index contributed by atoms with van der Waals surface area (Å²) < 4.78 is 11.1. The molecule has 1 amide bonds. The van der Waals surface area contributed by atoms with E-state index in [1.807, 2.05) is 69.3 Å². The lowest BCUT2D eigenvalue weighted by atomic mass is 10.2. The van der Waals surface area contributed by atoms with Gasteiger partial charge in [-0.1, -0.05) is 24.3 Å². The Labute approximate surface area is 143 Å². The SMILES string of the molecule is CCOc1ccc(/C=C/C(=O)Nc2ccccc2OC(C)C)cc1. The first-order valence-corrected chi connectivity index (χ1v) is 8.06. The van der Waals surface area contributed by atoms with Crippen molar-refractivity contribution in [3.63, 3.8) is 0 Å². The van der Waals surface area contributed by atoms with Gasteiger partial charge in [-0.15, -0.1) is 0 Å². The Kier molecular flexibility index (Phi) is 6.43. The average molecular weight is 325 g/mol. The highest BCUT2D eigenvalue weighted by molar-refractivity contribution is 6.02. The minimum Gasteiger partial charge on any atom is -0.494 e. The van der Waals surface area contributed by atoms with Gasteiger partial charge in [-0.05, 0) is 56.7 Å². The molecule has 1 N–H and O–H groups in total. The van der Waals surface area contributed by atoms with Crippen molar-refractivity contribution in [1.29, 1.82) is 0 Å². The number of carbonyl (C=O) groups is 1. The minimum absolute atomic E-state index is 0.0439. The second-order valence-electron chi connectivity index (χ2n) is 5.49. The van der Waals surface area contributed by atoms with Crippen molar-refractivity contribution in [1.82, 2.24) is 0 Å². The molecule has 0 saturated heterocycles. The van der Waals surface area contributed by atoms with E-state index >= 15 is 0 Å². The summed E-state index contributed by atoms with van der Waals surface area (Å²) >= 11 is 0. The number of carbonyl (C=O) groups excluding carboxylic acids is 1. The Morgan fingerprint density at radius 1 is 1.12 bits per heavy atom. The number of nitrogens with one attached hydrogen (secondary N) is 1. The van der Waals surface area contributed by atoms with E-state index in [1.165, 1.54) is 6.08 Å². The van der Waals surface area contributed by atoms with Crippen LogP contribution in [0, 0.1) is 0 Å². The van der Waals surface area contributed by atoms with Gasteiger partial charge >= 0.3 is 0 Å². The highest BCUT2D eigenvalue weighted by atomic mass is 16.5. The molecule has 0 radical (unpaired) electrons. The topological polar surface area (TPSA) is 47.6 Å². The second-order valence-corrected chi connectivity index (χ2v) is 5.49. The van der Waals surface area contributed by atoms with Crippen LogP contribution in [0.15, 0.2) is 54.6 Å². The highest BCUT2D eigenvalue weighted by Gasteiger charge is 2.06. The van der Waals surface area contributed by atoms with Gasteiger partial charge in [0, 0.05) is 6.08 Å². The number of para-hydroxylation sites is 2. The van der Waals surface area contributed by atoms with Gasteiger partial charge < -0.3 is 14.8 Å². The maximum absolute atomic E-state index is 12.1. The number of hydrogen-bond donors (Lipinski definition) is 1. The molecule has 0 spiro atoms. The van der Waals surface area contributed by atoms with Crippen LogP contribution in [0.3, 0.4) is 0 Å².